The fourth-order valence-electron chi connectivity index (χ4n) is 4.11. The van der Waals surface area contributed by atoms with Gasteiger partial charge in [-0.3, -0.25) is 14.4 Å². The monoisotopic (exact) mass is 464 g/mol. The van der Waals surface area contributed by atoms with E-state index in [0.29, 0.717) is 31.2 Å². The van der Waals surface area contributed by atoms with Gasteiger partial charge in [0.25, 0.3) is 0 Å². The predicted octanol–water partition coefficient (Wildman–Crippen LogP) is 3.11. The number of carbonyl (C=O) groups is 3. The standard InChI is InChI=1S/C21H29BrN4O3/c22-17-8-9-18(23-12-17)25-21(29)16-7-4-10-26(14-16)20(28)13-24-19(27)11-15-5-2-1-3-6-15/h8-9,12,15-16H,1-7,10-11,13-14H2,(H,24,27)(H,23,25,29). The van der Waals surface area contributed by atoms with Gasteiger partial charge in [-0.15, -0.1) is 0 Å². The number of piperidine rings is 1. The van der Waals surface area contributed by atoms with Crippen molar-refractivity contribution in [3.63, 3.8) is 0 Å². The number of hydrogen-bond acceptors (Lipinski definition) is 4. The fraction of sp³-hybridized carbons (Fsp3) is 0.619. The second-order valence-corrected chi connectivity index (χ2v) is 8.93. The van der Waals surface area contributed by atoms with Crippen LogP contribution in [-0.4, -0.2) is 47.2 Å². The van der Waals surface area contributed by atoms with E-state index < -0.39 is 0 Å². The maximum Gasteiger partial charge on any atom is 0.241 e. The Kier molecular flexibility index (Phi) is 8.03. The highest BCUT2D eigenvalue weighted by Gasteiger charge is 2.29. The summed E-state index contributed by atoms with van der Waals surface area (Å²) in [6, 6.07) is 3.55. The summed E-state index contributed by atoms with van der Waals surface area (Å²) < 4.78 is 0.843. The van der Waals surface area contributed by atoms with Crippen LogP contribution in [0.25, 0.3) is 0 Å². The molecular formula is C21H29BrN4O3. The van der Waals surface area contributed by atoms with E-state index in [1.807, 2.05) is 6.07 Å². The predicted molar refractivity (Wildman–Crippen MR) is 114 cm³/mol. The van der Waals surface area contributed by atoms with E-state index >= 15 is 0 Å². The zero-order chi connectivity index (χ0) is 20.6. The first-order valence-electron chi connectivity index (χ1n) is 10.5. The fourth-order valence-corrected chi connectivity index (χ4v) is 4.34. The van der Waals surface area contributed by atoms with Crippen molar-refractivity contribution >= 4 is 39.5 Å². The summed E-state index contributed by atoms with van der Waals surface area (Å²) in [6.45, 7) is 1.01. The highest BCUT2D eigenvalue weighted by atomic mass is 79.9. The van der Waals surface area contributed by atoms with Crippen LogP contribution in [0.2, 0.25) is 0 Å². The van der Waals surface area contributed by atoms with E-state index in [-0.39, 0.29) is 30.2 Å². The number of aromatic nitrogens is 1. The van der Waals surface area contributed by atoms with E-state index in [2.05, 4.69) is 31.5 Å². The van der Waals surface area contributed by atoms with Gasteiger partial charge in [0.1, 0.15) is 5.82 Å². The Morgan fingerprint density at radius 3 is 2.62 bits per heavy atom. The molecule has 1 aromatic heterocycles. The molecule has 0 radical (unpaired) electrons. The molecule has 2 aliphatic rings. The lowest BCUT2D eigenvalue weighted by Crippen LogP contribution is -2.47. The Morgan fingerprint density at radius 2 is 1.90 bits per heavy atom. The maximum atomic E-state index is 12.5. The minimum Gasteiger partial charge on any atom is -0.347 e. The third-order valence-electron chi connectivity index (χ3n) is 5.76. The van der Waals surface area contributed by atoms with E-state index in [1.165, 1.54) is 19.3 Å². The molecule has 1 saturated heterocycles. The van der Waals surface area contributed by atoms with Gasteiger partial charge in [0.2, 0.25) is 17.7 Å². The number of likely N-dealkylation sites (tertiary alicyclic amines) is 1. The highest BCUT2D eigenvalue weighted by Crippen LogP contribution is 2.26. The van der Waals surface area contributed by atoms with Gasteiger partial charge in [-0.25, -0.2) is 4.98 Å². The number of pyridine rings is 1. The molecule has 0 spiro atoms. The molecule has 1 saturated carbocycles. The average molecular weight is 465 g/mol. The SMILES string of the molecule is O=C(CC1CCCCC1)NCC(=O)N1CCCC(C(=O)Nc2ccc(Br)cn2)C1. The summed E-state index contributed by atoms with van der Waals surface area (Å²) in [5.74, 6) is 0.389. The van der Waals surface area contributed by atoms with Crippen LogP contribution in [0.3, 0.4) is 0 Å². The van der Waals surface area contributed by atoms with Gasteiger partial charge in [-0.05, 0) is 59.7 Å². The molecule has 1 aliphatic heterocycles. The van der Waals surface area contributed by atoms with Crippen LogP contribution in [0.1, 0.15) is 51.4 Å². The molecule has 1 unspecified atom stereocenters. The molecule has 2 N–H and O–H groups in total. The minimum absolute atomic E-state index is 0.00810. The van der Waals surface area contributed by atoms with E-state index in [1.54, 1.807) is 17.2 Å². The van der Waals surface area contributed by atoms with Crippen molar-refractivity contribution in [3.05, 3.63) is 22.8 Å². The first-order valence-corrected chi connectivity index (χ1v) is 11.3. The van der Waals surface area contributed by atoms with Gasteiger partial charge in [-0.1, -0.05) is 19.3 Å². The number of hydrogen-bond donors (Lipinski definition) is 2. The first-order chi connectivity index (χ1) is 14.0. The lowest BCUT2D eigenvalue weighted by molar-refractivity contribution is -0.136. The van der Waals surface area contributed by atoms with Gasteiger partial charge in [0.15, 0.2) is 0 Å². The van der Waals surface area contributed by atoms with Crippen molar-refractivity contribution < 1.29 is 14.4 Å². The Balaban J connectivity index is 1.42. The number of amides is 3. The summed E-state index contributed by atoms with van der Waals surface area (Å²) in [5, 5.41) is 5.59. The van der Waals surface area contributed by atoms with Crippen molar-refractivity contribution in [1.82, 2.24) is 15.2 Å². The van der Waals surface area contributed by atoms with E-state index in [0.717, 1.165) is 30.2 Å². The molecule has 7 nitrogen and oxygen atoms in total. The molecule has 2 heterocycles. The summed E-state index contributed by atoms with van der Waals surface area (Å²) >= 11 is 3.32. The van der Waals surface area contributed by atoms with Gasteiger partial charge in [0, 0.05) is 30.2 Å². The number of halogens is 1. The second kappa shape index (κ2) is 10.7. The first kappa shape index (κ1) is 21.7. The summed E-state index contributed by atoms with van der Waals surface area (Å²) in [4.78, 5) is 43.0. The zero-order valence-corrected chi connectivity index (χ0v) is 18.2. The van der Waals surface area contributed by atoms with Crippen molar-refractivity contribution in [2.75, 3.05) is 25.0 Å². The van der Waals surface area contributed by atoms with Crippen molar-refractivity contribution in [2.24, 2.45) is 11.8 Å². The molecule has 0 aromatic carbocycles. The Labute approximate surface area is 180 Å². The molecule has 8 heteroatoms. The molecule has 3 amide bonds. The number of nitrogens with one attached hydrogen (secondary N) is 2. The normalized spacial score (nSPS) is 20.2. The van der Waals surface area contributed by atoms with E-state index in [9.17, 15) is 14.4 Å². The quantitative estimate of drug-likeness (QED) is 0.676. The summed E-state index contributed by atoms with van der Waals surface area (Å²) in [5.41, 5.74) is 0. The molecule has 29 heavy (non-hydrogen) atoms. The zero-order valence-electron chi connectivity index (χ0n) is 16.7. The summed E-state index contributed by atoms with van der Waals surface area (Å²) in [6.07, 6.45) is 9.52. The van der Waals surface area contributed by atoms with Crippen LogP contribution in [0, 0.1) is 11.8 Å². The van der Waals surface area contributed by atoms with Crippen LogP contribution in [0.15, 0.2) is 22.8 Å². The lowest BCUT2D eigenvalue weighted by atomic mass is 9.87. The largest absolute Gasteiger partial charge is 0.347 e. The molecule has 3 rings (SSSR count). The van der Waals surface area contributed by atoms with Crippen LogP contribution in [0.5, 0.6) is 0 Å². The molecular weight excluding hydrogens is 436 g/mol. The van der Waals surface area contributed by atoms with Gasteiger partial charge in [-0.2, -0.15) is 0 Å². The van der Waals surface area contributed by atoms with Gasteiger partial charge < -0.3 is 15.5 Å². The molecule has 1 aromatic rings. The molecule has 158 valence electrons. The van der Waals surface area contributed by atoms with Crippen LogP contribution in [-0.2, 0) is 14.4 Å². The number of nitrogens with zero attached hydrogens (tertiary/aromatic N) is 2. The molecule has 0 bridgehead atoms. The Hall–Kier alpha value is -1.96. The summed E-state index contributed by atoms with van der Waals surface area (Å²) in [7, 11) is 0. The highest BCUT2D eigenvalue weighted by molar-refractivity contribution is 9.10. The smallest absolute Gasteiger partial charge is 0.241 e. The van der Waals surface area contributed by atoms with Gasteiger partial charge in [0.05, 0.1) is 12.5 Å². The average Bonchev–Trinajstić information content (AvgIpc) is 2.74. The lowest BCUT2D eigenvalue weighted by Gasteiger charge is -2.32. The Bertz CT molecular complexity index is 719. The second-order valence-electron chi connectivity index (χ2n) is 8.01. The van der Waals surface area contributed by atoms with Crippen molar-refractivity contribution in [3.8, 4) is 0 Å². The minimum atomic E-state index is -0.268. The van der Waals surface area contributed by atoms with Crippen molar-refractivity contribution in [2.45, 2.75) is 51.4 Å². The maximum absolute atomic E-state index is 12.5. The van der Waals surface area contributed by atoms with Crippen molar-refractivity contribution in [1.29, 1.82) is 0 Å². The molecule has 1 aliphatic carbocycles. The topological polar surface area (TPSA) is 91.4 Å². The van der Waals surface area contributed by atoms with E-state index in [4.69, 9.17) is 0 Å². The number of rotatable bonds is 6. The third kappa shape index (κ3) is 6.80. The van der Waals surface area contributed by atoms with Crippen LogP contribution >= 0.6 is 15.9 Å². The van der Waals surface area contributed by atoms with Crippen LogP contribution in [0.4, 0.5) is 5.82 Å². The van der Waals surface area contributed by atoms with Crippen LogP contribution < -0.4 is 10.6 Å². The molecule has 2 fully saturated rings. The number of anilines is 1. The van der Waals surface area contributed by atoms with Gasteiger partial charge >= 0.3 is 0 Å². The number of carbonyl (C=O) groups excluding carboxylic acids is 3. The molecule has 1 atom stereocenters. The third-order valence-corrected chi connectivity index (χ3v) is 6.23. The Morgan fingerprint density at radius 1 is 1.10 bits per heavy atom.